The Morgan fingerprint density at radius 2 is 1.88 bits per heavy atom. The first-order valence-corrected chi connectivity index (χ1v) is 11.4. The monoisotopic (exact) mass is 475 g/mol. The van der Waals surface area contributed by atoms with Crippen molar-refractivity contribution >= 4 is 41.4 Å². The molecule has 1 amide bonds. The van der Waals surface area contributed by atoms with Crippen LogP contribution in [0.15, 0.2) is 48.5 Å². The zero-order valence-electron chi connectivity index (χ0n) is 18.4. The number of ether oxygens (including phenoxy) is 1. The summed E-state index contributed by atoms with van der Waals surface area (Å²) in [6, 6.07) is 13.8. The van der Waals surface area contributed by atoms with Crippen LogP contribution in [0.25, 0.3) is 0 Å². The summed E-state index contributed by atoms with van der Waals surface area (Å²) in [5, 5.41) is 1.16. The molecule has 5 nitrogen and oxygen atoms in total. The van der Waals surface area contributed by atoms with E-state index in [1.54, 1.807) is 30.0 Å². The van der Waals surface area contributed by atoms with E-state index in [1.807, 2.05) is 37.3 Å². The van der Waals surface area contributed by atoms with Crippen LogP contribution in [0.1, 0.15) is 56.2 Å². The van der Waals surface area contributed by atoms with Crippen molar-refractivity contribution < 1.29 is 19.1 Å². The minimum absolute atomic E-state index is 0.0709. The number of hydrogen-bond acceptors (Lipinski definition) is 4. The highest BCUT2D eigenvalue weighted by Gasteiger charge is 2.52. The highest BCUT2D eigenvalue weighted by Crippen LogP contribution is 2.52. The van der Waals surface area contributed by atoms with E-state index in [0.717, 1.165) is 17.4 Å². The van der Waals surface area contributed by atoms with Gasteiger partial charge in [0.15, 0.2) is 0 Å². The first-order chi connectivity index (χ1) is 15.2. The average Bonchev–Trinajstić information content (AvgIpc) is 2.78. The number of halogens is 2. The van der Waals surface area contributed by atoms with Crippen molar-refractivity contribution in [1.82, 2.24) is 4.90 Å². The third-order valence-corrected chi connectivity index (χ3v) is 6.77. The Morgan fingerprint density at radius 3 is 2.44 bits per heavy atom. The van der Waals surface area contributed by atoms with Gasteiger partial charge < -0.3 is 14.4 Å². The van der Waals surface area contributed by atoms with Crippen LogP contribution >= 0.6 is 23.2 Å². The quantitative estimate of drug-likeness (QED) is 0.386. The van der Waals surface area contributed by atoms with Gasteiger partial charge in [-0.05, 0) is 48.2 Å². The maximum absolute atomic E-state index is 13.9. The standard InChI is InChI=1S/C25H27Cl2NO4/c1-4-20(15-29)28-23(16-8-10-18(26)11-9-16)21(17-6-5-7-19(27)12-17)13-25(2,24(28)31)14-22(30)32-3/h5-12,15,20-21,23H,4,13-14H2,1-3H3/t20?,21-,23-,25-/m1/s1. The van der Waals surface area contributed by atoms with Crippen molar-refractivity contribution in [3.63, 3.8) is 0 Å². The Balaban J connectivity index is 2.22. The number of piperidine rings is 1. The molecule has 7 heteroatoms. The first-order valence-electron chi connectivity index (χ1n) is 10.6. The molecule has 1 unspecified atom stereocenters. The molecule has 0 N–H and O–H groups in total. The van der Waals surface area contributed by atoms with Gasteiger partial charge in [0.1, 0.15) is 6.29 Å². The second-order valence-corrected chi connectivity index (χ2v) is 9.37. The van der Waals surface area contributed by atoms with E-state index in [4.69, 9.17) is 27.9 Å². The molecular weight excluding hydrogens is 449 g/mol. The van der Waals surface area contributed by atoms with Crippen LogP contribution in [0.5, 0.6) is 0 Å². The fourth-order valence-corrected chi connectivity index (χ4v) is 4.99. The number of aldehydes is 1. The van der Waals surface area contributed by atoms with Crippen molar-refractivity contribution in [2.75, 3.05) is 7.11 Å². The van der Waals surface area contributed by atoms with Gasteiger partial charge in [-0.3, -0.25) is 9.59 Å². The molecule has 0 aromatic heterocycles. The molecule has 0 spiro atoms. The number of hydrogen-bond donors (Lipinski definition) is 0. The summed E-state index contributed by atoms with van der Waals surface area (Å²) in [5.41, 5.74) is 0.777. The third-order valence-electron chi connectivity index (χ3n) is 6.29. The minimum Gasteiger partial charge on any atom is -0.469 e. The van der Waals surface area contributed by atoms with Gasteiger partial charge in [-0.25, -0.2) is 0 Å². The van der Waals surface area contributed by atoms with Crippen LogP contribution in [0.4, 0.5) is 0 Å². The normalized spacial score (nSPS) is 24.2. The van der Waals surface area contributed by atoms with Gasteiger partial charge in [-0.15, -0.1) is 0 Å². The molecule has 4 atom stereocenters. The maximum atomic E-state index is 13.9. The lowest BCUT2D eigenvalue weighted by atomic mass is 9.67. The molecule has 1 saturated heterocycles. The van der Waals surface area contributed by atoms with Gasteiger partial charge in [0, 0.05) is 16.0 Å². The molecule has 32 heavy (non-hydrogen) atoms. The van der Waals surface area contributed by atoms with Crippen LogP contribution in [-0.4, -0.2) is 36.2 Å². The smallest absolute Gasteiger partial charge is 0.306 e. The predicted octanol–water partition coefficient (Wildman–Crippen LogP) is 5.60. The number of nitrogens with zero attached hydrogens (tertiary/aromatic N) is 1. The second kappa shape index (κ2) is 10.1. The van der Waals surface area contributed by atoms with Gasteiger partial charge in [0.05, 0.1) is 31.0 Å². The Labute approximate surface area is 198 Å². The van der Waals surface area contributed by atoms with Crippen molar-refractivity contribution in [1.29, 1.82) is 0 Å². The van der Waals surface area contributed by atoms with E-state index < -0.39 is 23.5 Å². The van der Waals surface area contributed by atoms with Gasteiger partial charge >= 0.3 is 5.97 Å². The molecule has 170 valence electrons. The number of esters is 1. The Bertz CT molecular complexity index is 994. The lowest BCUT2D eigenvalue weighted by Crippen LogP contribution is -2.56. The van der Waals surface area contributed by atoms with Crippen LogP contribution in [0.3, 0.4) is 0 Å². The number of benzene rings is 2. The zero-order chi connectivity index (χ0) is 23.5. The SMILES string of the molecule is CCC(C=O)N1C(=O)[C@@](C)(CC(=O)OC)C[C@H](c2cccc(Cl)c2)[C@H]1c1ccc(Cl)cc1. The fraction of sp³-hybridized carbons (Fsp3) is 0.400. The van der Waals surface area contributed by atoms with E-state index in [0.29, 0.717) is 22.9 Å². The largest absolute Gasteiger partial charge is 0.469 e. The Hall–Kier alpha value is -2.37. The second-order valence-electron chi connectivity index (χ2n) is 8.50. The predicted molar refractivity (Wildman–Crippen MR) is 125 cm³/mol. The molecule has 1 aliphatic rings. The third kappa shape index (κ3) is 4.84. The van der Waals surface area contributed by atoms with Crippen LogP contribution in [0, 0.1) is 5.41 Å². The van der Waals surface area contributed by atoms with Gasteiger partial charge in [0.25, 0.3) is 0 Å². The summed E-state index contributed by atoms with van der Waals surface area (Å²) in [5.74, 6) is -0.897. The average molecular weight is 476 g/mol. The fourth-order valence-electron chi connectivity index (χ4n) is 4.66. The highest BCUT2D eigenvalue weighted by atomic mass is 35.5. The number of carbonyl (C=O) groups is 3. The van der Waals surface area contributed by atoms with Gasteiger partial charge in [-0.2, -0.15) is 0 Å². The summed E-state index contributed by atoms with van der Waals surface area (Å²) < 4.78 is 4.88. The summed E-state index contributed by atoms with van der Waals surface area (Å²) in [7, 11) is 1.31. The van der Waals surface area contributed by atoms with Crippen molar-refractivity contribution in [3.8, 4) is 0 Å². The molecule has 2 aromatic rings. The summed E-state index contributed by atoms with van der Waals surface area (Å²) in [6.07, 6.45) is 1.59. The summed E-state index contributed by atoms with van der Waals surface area (Å²) >= 11 is 12.4. The van der Waals surface area contributed by atoms with Crippen LogP contribution in [-0.2, 0) is 19.1 Å². The zero-order valence-corrected chi connectivity index (χ0v) is 19.9. The molecule has 0 bridgehead atoms. The van der Waals surface area contributed by atoms with E-state index in [-0.39, 0.29) is 18.2 Å². The molecule has 0 saturated carbocycles. The molecule has 2 aromatic carbocycles. The van der Waals surface area contributed by atoms with Gasteiger partial charge in [0.2, 0.25) is 5.91 Å². The van der Waals surface area contributed by atoms with E-state index in [2.05, 4.69) is 0 Å². The Kier molecular flexibility index (Phi) is 7.63. The van der Waals surface area contributed by atoms with Gasteiger partial charge in [-0.1, -0.05) is 61.3 Å². The first kappa shape index (κ1) is 24.3. The Morgan fingerprint density at radius 1 is 1.19 bits per heavy atom. The van der Waals surface area contributed by atoms with Crippen molar-refractivity contribution in [2.24, 2.45) is 5.41 Å². The van der Waals surface area contributed by atoms with Crippen molar-refractivity contribution in [3.05, 3.63) is 69.7 Å². The molecule has 0 radical (unpaired) electrons. The minimum atomic E-state index is -1.03. The molecule has 1 aliphatic heterocycles. The number of amides is 1. The number of rotatable bonds is 7. The highest BCUT2D eigenvalue weighted by molar-refractivity contribution is 6.30. The lowest BCUT2D eigenvalue weighted by Gasteiger charge is -2.50. The molecule has 0 aliphatic carbocycles. The summed E-state index contributed by atoms with van der Waals surface area (Å²) in [6.45, 7) is 3.64. The molecule has 1 fully saturated rings. The number of carbonyl (C=O) groups excluding carboxylic acids is 3. The van der Waals surface area contributed by atoms with E-state index in [1.165, 1.54) is 7.11 Å². The molecular formula is C25H27Cl2NO4. The van der Waals surface area contributed by atoms with E-state index in [9.17, 15) is 14.4 Å². The topological polar surface area (TPSA) is 63.7 Å². The number of methoxy groups -OCH3 is 1. The van der Waals surface area contributed by atoms with E-state index >= 15 is 0 Å². The van der Waals surface area contributed by atoms with Crippen LogP contribution in [0.2, 0.25) is 10.0 Å². The summed E-state index contributed by atoms with van der Waals surface area (Å²) in [4.78, 5) is 39.8. The van der Waals surface area contributed by atoms with Crippen molar-refractivity contribution in [2.45, 2.75) is 51.1 Å². The maximum Gasteiger partial charge on any atom is 0.306 e. The number of likely N-dealkylation sites (tertiary alicyclic amines) is 1. The molecule has 1 heterocycles. The molecule has 3 rings (SSSR count). The van der Waals surface area contributed by atoms with Crippen LogP contribution < -0.4 is 0 Å². The lowest BCUT2D eigenvalue weighted by molar-refractivity contribution is -0.162.